The van der Waals surface area contributed by atoms with Gasteiger partial charge in [-0.05, 0) is 13.0 Å². The van der Waals surface area contributed by atoms with E-state index in [0.717, 1.165) is 25.3 Å². The van der Waals surface area contributed by atoms with Crippen LogP contribution >= 0.6 is 11.8 Å². The summed E-state index contributed by atoms with van der Waals surface area (Å²) in [4.78, 5) is 11.0. The summed E-state index contributed by atoms with van der Waals surface area (Å²) in [7, 11) is 0. The van der Waals surface area contributed by atoms with E-state index in [1.165, 1.54) is 0 Å². The van der Waals surface area contributed by atoms with Crippen LogP contribution in [0.5, 0.6) is 0 Å². The quantitative estimate of drug-likeness (QED) is 0.486. The van der Waals surface area contributed by atoms with Crippen LogP contribution < -0.4 is 16.4 Å². The monoisotopic (exact) mass is 187 g/mol. The number of carbonyl (C=O) groups excluding carboxylic acids is 1. The summed E-state index contributed by atoms with van der Waals surface area (Å²) in [5.74, 6) is 0.586. The zero-order valence-corrected chi connectivity index (χ0v) is 7.62. The Morgan fingerprint density at radius 1 is 1.67 bits per heavy atom. The highest BCUT2D eigenvalue weighted by molar-refractivity contribution is 8.01. The van der Waals surface area contributed by atoms with Gasteiger partial charge in [-0.25, -0.2) is 0 Å². The highest BCUT2D eigenvalue weighted by atomic mass is 32.2. The van der Waals surface area contributed by atoms with E-state index in [9.17, 15) is 4.79 Å². The Bertz CT molecular complexity index is 203. The van der Waals surface area contributed by atoms with Crippen molar-refractivity contribution in [2.45, 2.75) is 17.3 Å². The standard InChI is InChI=1S/C7H13N3OS/c8-6(11)5-3-12-7(10-5)1-2-9-4-7/h5,9-10H,1-4H2,(H2,8,11)/t5-,7?/m0/s1. The molecule has 0 saturated carbocycles. The molecule has 4 N–H and O–H groups in total. The molecule has 1 amide bonds. The van der Waals surface area contributed by atoms with E-state index in [1.54, 1.807) is 0 Å². The third kappa shape index (κ3) is 1.32. The van der Waals surface area contributed by atoms with Crippen LogP contribution in [0.15, 0.2) is 0 Å². The van der Waals surface area contributed by atoms with Gasteiger partial charge >= 0.3 is 0 Å². The molecule has 2 saturated heterocycles. The largest absolute Gasteiger partial charge is 0.368 e. The van der Waals surface area contributed by atoms with Crippen LogP contribution in [0.2, 0.25) is 0 Å². The van der Waals surface area contributed by atoms with Gasteiger partial charge in [-0.1, -0.05) is 0 Å². The van der Waals surface area contributed by atoms with Crippen molar-refractivity contribution in [2.75, 3.05) is 18.8 Å². The Labute approximate surface area is 75.6 Å². The first kappa shape index (κ1) is 8.34. The summed E-state index contributed by atoms with van der Waals surface area (Å²) >= 11 is 1.81. The number of primary amides is 1. The molecule has 2 aliphatic heterocycles. The second-order valence-corrected chi connectivity index (χ2v) is 4.73. The zero-order chi connectivity index (χ0) is 8.60. The molecule has 2 rings (SSSR count). The minimum absolute atomic E-state index is 0.0969. The lowest BCUT2D eigenvalue weighted by molar-refractivity contribution is -0.119. The average molecular weight is 187 g/mol. The van der Waals surface area contributed by atoms with Crippen LogP contribution in [0, 0.1) is 0 Å². The SMILES string of the molecule is NC(=O)[C@@H]1CSC2(CCNC2)N1. The van der Waals surface area contributed by atoms with Crippen LogP contribution in [0.4, 0.5) is 0 Å². The number of amides is 1. The maximum Gasteiger partial charge on any atom is 0.235 e. The minimum Gasteiger partial charge on any atom is -0.368 e. The number of nitrogens with two attached hydrogens (primary N) is 1. The summed E-state index contributed by atoms with van der Waals surface area (Å²) < 4.78 is 0. The fourth-order valence-corrected chi connectivity index (χ4v) is 3.12. The molecule has 0 aromatic heterocycles. The number of rotatable bonds is 1. The molecular formula is C7H13N3OS. The normalized spacial score (nSPS) is 40.8. The molecule has 2 atom stereocenters. The van der Waals surface area contributed by atoms with Crippen molar-refractivity contribution in [1.29, 1.82) is 0 Å². The van der Waals surface area contributed by atoms with Crippen LogP contribution in [-0.2, 0) is 4.79 Å². The second-order valence-electron chi connectivity index (χ2n) is 3.33. The van der Waals surface area contributed by atoms with Gasteiger partial charge in [0.2, 0.25) is 5.91 Å². The van der Waals surface area contributed by atoms with Gasteiger partial charge in [0.15, 0.2) is 0 Å². The second kappa shape index (κ2) is 2.90. The van der Waals surface area contributed by atoms with Gasteiger partial charge in [0.1, 0.15) is 0 Å². The summed E-state index contributed by atoms with van der Waals surface area (Å²) in [6.45, 7) is 1.98. The molecule has 0 aliphatic carbocycles. The molecule has 2 fully saturated rings. The topological polar surface area (TPSA) is 67.2 Å². The van der Waals surface area contributed by atoms with Crippen LogP contribution in [0.1, 0.15) is 6.42 Å². The molecule has 2 aliphatic rings. The molecular weight excluding hydrogens is 174 g/mol. The summed E-state index contributed by atoms with van der Waals surface area (Å²) in [6, 6.07) is -0.130. The van der Waals surface area contributed by atoms with Crippen molar-refractivity contribution in [1.82, 2.24) is 10.6 Å². The molecule has 12 heavy (non-hydrogen) atoms. The maximum absolute atomic E-state index is 10.9. The maximum atomic E-state index is 10.9. The molecule has 0 radical (unpaired) electrons. The predicted octanol–water partition coefficient (Wildman–Crippen LogP) is -1.13. The van der Waals surface area contributed by atoms with Gasteiger partial charge in [0.25, 0.3) is 0 Å². The van der Waals surface area contributed by atoms with E-state index < -0.39 is 0 Å². The van der Waals surface area contributed by atoms with Crippen molar-refractivity contribution in [2.24, 2.45) is 5.73 Å². The Morgan fingerprint density at radius 3 is 3.00 bits per heavy atom. The molecule has 2 heterocycles. The van der Waals surface area contributed by atoms with Gasteiger partial charge in [0, 0.05) is 12.3 Å². The number of thioether (sulfide) groups is 1. The van der Waals surface area contributed by atoms with Gasteiger partial charge in [-0.15, -0.1) is 11.8 Å². The Morgan fingerprint density at radius 2 is 2.50 bits per heavy atom. The Kier molecular flexibility index (Phi) is 2.02. The molecule has 0 bridgehead atoms. The molecule has 5 heteroatoms. The highest BCUT2D eigenvalue weighted by Gasteiger charge is 2.43. The first-order chi connectivity index (χ1) is 5.72. The minimum atomic E-state index is -0.230. The summed E-state index contributed by atoms with van der Waals surface area (Å²) in [5.41, 5.74) is 5.21. The Balaban J connectivity index is 2.01. The van der Waals surface area contributed by atoms with E-state index >= 15 is 0 Å². The molecule has 1 unspecified atom stereocenters. The third-order valence-corrected chi connectivity index (χ3v) is 3.94. The molecule has 68 valence electrons. The van der Waals surface area contributed by atoms with Gasteiger partial charge in [0.05, 0.1) is 10.9 Å². The smallest absolute Gasteiger partial charge is 0.235 e. The van der Waals surface area contributed by atoms with E-state index in [0.29, 0.717) is 0 Å². The van der Waals surface area contributed by atoms with Gasteiger partial charge in [-0.2, -0.15) is 0 Å². The lowest BCUT2D eigenvalue weighted by Crippen LogP contribution is -2.48. The highest BCUT2D eigenvalue weighted by Crippen LogP contribution is 2.34. The van der Waals surface area contributed by atoms with E-state index in [2.05, 4.69) is 10.6 Å². The van der Waals surface area contributed by atoms with Gasteiger partial charge in [-0.3, -0.25) is 10.1 Å². The first-order valence-corrected chi connectivity index (χ1v) is 5.12. The fraction of sp³-hybridized carbons (Fsp3) is 0.857. The van der Waals surface area contributed by atoms with Crippen LogP contribution in [0.25, 0.3) is 0 Å². The first-order valence-electron chi connectivity index (χ1n) is 4.14. The summed E-state index contributed by atoms with van der Waals surface area (Å²) in [5, 5.41) is 6.57. The number of nitrogens with one attached hydrogen (secondary N) is 2. The molecule has 4 nitrogen and oxygen atoms in total. The van der Waals surface area contributed by atoms with E-state index in [-0.39, 0.29) is 16.8 Å². The van der Waals surface area contributed by atoms with Crippen molar-refractivity contribution < 1.29 is 4.79 Å². The van der Waals surface area contributed by atoms with E-state index in [4.69, 9.17) is 5.73 Å². The predicted molar refractivity (Wildman–Crippen MR) is 48.8 cm³/mol. The Hall–Kier alpha value is -0.260. The lowest BCUT2D eigenvalue weighted by atomic mass is 10.2. The zero-order valence-electron chi connectivity index (χ0n) is 6.80. The molecule has 0 aromatic rings. The molecule has 0 aromatic carbocycles. The van der Waals surface area contributed by atoms with Crippen molar-refractivity contribution in [3.8, 4) is 0 Å². The number of hydrogen-bond acceptors (Lipinski definition) is 4. The summed E-state index contributed by atoms with van der Waals surface area (Å²) in [6.07, 6.45) is 1.08. The van der Waals surface area contributed by atoms with Crippen molar-refractivity contribution in [3.05, 3.63) is 0 Å². The lowest BCUT2D eigenvalue weighted by Gasteiger charge is -2.21. The van der Waals surface area contributed by atoms with E-state index in [1.807, 2.05) is 11.8 Å². The average Bonchev–Trinajstić information content (AvgIpc) is 2.62. The third-order valence-electron chi connectivity index (χ3n) is 2.42. The van der Waals surface area contributed by atoms with Crippen molar-refractivity contribution in [3.63, 3.8) is 0 Å². The fourth-order valence-electron chi connectivity index (χ4n) is 1.71. The van der Waals surface area contributed by atoms with Crippen LogP contribution in [-0.4, -0.2) is 35.7 Å². The number of hydrogen-bond donors (Lipinski definition) is 3. The van der Waals surface area contributed by atoms with Crippen LogP contribution in [0.3, 0.4) is 0 Å². The number of carbonyl (C=O) groups is 1. The van der Waals surface area contributed by atoms with Gasteiger partial charge < -0.3 is 11.1 Å². The van der Waals surface area contributed by atoms with Crippen molar-refractivity contribution >= 4 is 17.7 Å². The molecule has 1 spiro atoms.